The number of carboxylic acid groups (broad SMARTS) is 1. The van der Waals surface area contributed by atoms with Crippen molar-refractivity contribution >= 4 is 35.4 Å². The summed E-state index contributed by atoms with van der Waals surface area (Å²) < 4.78 is 0. The number of carboxylic acids is 1. The number of aliphatic carboxylic acids is 1. The highest BCUT2D eigenvalue weighted by Crippen LogP contribution is 2.26. The first-order valence-electron chi connectivity index (χ1n) is 6.90. The number of carbonyl (C=O) groups is 2. The molecule has 0 radical (unpaired) electrons. The Hall–Kier alpha value is -1.14. The first kappa shape index (κ1) is 17.9. The van der Waals surface area contributed by atoms with Crippen molar-refractivity contribution in [1.29, 1.82) is 0 Å². The molecule has 1 atom stereocenters. The molecule has 116 valence electrons. The molecule has 0 bridgehead atoms. The quantitative estimate of drug-likeness (QED) is 0.539. The summed E-state index contributed by atoms with van der Waals surface area (Å²) in [5.41, 5.74) is 0.541. The van der Waals surface area contributed by atoms with Gasteiger partial charge in [-0.05, 0) is 37.0 Å². The van der Waals surface area contributed by atoms with Crippen LogP contribution in [0.2, 0.25) is 0 Å². The van der Waals surface area contributed by atoms with E-state index in [4.69, 9.17) is 5.11 Å². The number of hydrogen-bond acceptors (Lipinski definition) is 4. The zero-order chi connectivity index (χ0) is 15.7. The molecule has 0 saturated carbocycles. The number of hydrogen-bond donors (Lipinski definition) is 2. The first-order valence-corrected chi connectivity index (χ1v) is 8.94. The van der Waals surface area contributed by atoms with Crippen LogP contribution in [0.1, 0.15) is 30.6 Å². The van der Waals surface area contributed by atoms with E-state index in [1.165, 1.54) is 11.8 Å². The van der Waals surface area contributed by atoms with Gasteiger partial charge in [0.15, 0.2) is 0 Å². The minimum Gasteiger partial charge on any atom is -0.480 e. The van der Waals surface area contributed by atoms with Gasteiger partial charge in [-0.3, -0.25) is 9.59 Å². The van der Waals surface area contributed by atoms with E-state index < -0.39 is 11.2 Å². The van der Waals surface area contributed by atoms with E-state index >= 15 is 0 Å². The second-order valence-electron chi connectivity index (χ2n) is 4.40. The van der Waals surface area contributed by atoms with Gasteiger partial charge in [-0.25, -0.2) is 0 Å². The Morgan fingerprint density at radius 2 is 2.05 bits per heavy atom. The van der Waals surface area contributed by atoms with Gasteiger partial charge in [0.05, 0.1) is 5.56 Å². The Balaban J connectivity index is 2.60. The van der Waals surface area contributed by atoms with Crippen molar-refractivity contribution in [3.63, 3.8) is 0 Å². The lowest BCUT2D eigenvalue weighted by atomic mass is 10.2. The molecule has 1 unspecified atom stereocenters. The summed E-state index contributed by atoms with van der Waals surface area (Å²) in [5.74, 6) is 1.09. The number of benzene rings is 1. The fourth-order valence-corrected chi connectivity index (χ4v) is 3.18. The van der Waals surface area contributed by atoms with Crippen molar-refractivity contribution in [1.82, 2.24) is 5.32 Å². The molecule has 1 aromatic rings. The maximum Gasteiger partial charge on any atom is 0.316 e. The summed E-state index contributed by atoms with van der Waals surface area (Å²) in [6, 6.07) is 7.11. The molecule has 0 aliphatic rings. The molecule has 0 aromatic heterocycles. The predicted molar refractivity (Wildman–Crippen MR) is 89.3 cm³/mol. The van der Waals surface area contributed by atoms with Gasteiger partial charge in [-0.2, -0.15) is 11.8 Å². The van der Waals surface area contributed by atoms with E-state index in [2.05, 4.69) is 12.2 Å². The Morgan fingerprint density at radius 1 is 1.33 bits per heavy atom. The van der Waals surface area contributed by atoms with E-state index in [9.17, 15) is 9.59 Å². The molecule has 0 aliphatic heterocycles. The number of amides is 1. The molecule has 0 heterocycles. The van der Waals surface area contributed by atoms with Crippen molar-refractivity contribution in [3.8, 4) is 0 Å². The van der Waals surface area contributed by atoms with Crippen molar-refractivity contribution < 1.29 is 14.7 Å². The normalized spacial score (nSPS) is 11.9. The lowest BCUT2D eigenvalue weighted by Crippen LogP contribution is -2.25. The standard InChI is InChI=1S/C15H21NO3S2/c1-3-20-10-6-9-16-14(17)12-7-4-5-8-13(12)21-11(2)15(18)19/h4-5,7-8,11H,3,6,9-10H2,1-2H3,(H,16,17)(H,18,19). The average molecular weight is 327 g/mol. The van der Waals surface area contributed by atoms with E-state index in [0.717, 1.165) is 17.9 Å². The fraction of sp³-hybridized carbons (Fsp3) is 0.467. The molecule has 2 N–H and O–H groups in total. The largest absolute Gasteiger partial charge is 0.480 e. The van der Waals surface area contributed by atoms with Crippen LogP contribution < -0.4 is 5.32 Å². The number of nitrogens with one attached hydrogen (secondary N) is 1. The molecule has 0 saturated heterocycles. The molecule has 4 nitrogen and oxygen atoms in total. The van der Waals surface area contributed by atoms with Crippen LogP contribution in [0.5, 0.6) is 0 Å². The maximum atomic E-state index is 12.2. The summed E-state index contributed by atoms with van der Waals surface area (Å²) in [6.45, 7) is 4.36. The van der Waals surface area contributed by atoms with E-state index in [1.54, 1.807) is 25.1 Å². The topological polar surface area (TPSA) is 66.4 Å². The van der Waals surface area contributed by atoms with Gasteiger partial charge in [-0.15, -0.1) is 11.8 Å². The molecule has 6 heteroatoms. The minimum absolute atomic E-state index is 0.141. The highest BCUT2D eigenvalue weighted by Gasteiger charge is 2.17. The van der Waals surface area contributed by atoms with Gasteiger partial charge in [-0.1, -0.05) is 19.1 Å². The summed E-state index contributed by atoms with van der Waals surface area (Å²) in [6.07, 6.45) is 0.936. The SMILES string of the molecule is CCSCCCNC(=O)c1ccccc1SC(C)C(=O)O. The van der Waals surface area contributed by atoms with Gasteiger partial charge in [0, 0.05) is 11.4 Å². The number of thioether (sulfide) groups is 2. The van der Waals surface area contributed by atoms with E-state index in [0.29, 0.717) is 17.0 Å². The monoisotopic (exact) mass is 327 g/mol. The van der Waals surface area contributed by atoms with Gasteiger partial charge in [0.1, 0.15) is 5.25 Å². The van der Waals surface area contributed by atoms with Gasteiger partial charge < -0.3 is 10.4 Å². The van der Waals surface area contributed by atoms with Crippen LogP contribution in [0.3, 0.4) is 0 Å². The third-order valence-electron chi connectivity index (χ3n) is 2.74. The average Bonchev–Trinajstić information content (AvgIpc) is 2.47. The van der Waals surface area contributed by atoms with Crippen LogP contribution in [0.4, 0.5) is 0 Å². The van der Waals surface area contributed by atoms with Gasteiger partial charge in [0.2, 0.25) is 0 Å². The van der Waals surface area contributed by atoms with Crippen LogP contribution >= 0.6 is 23.5 Å². The molecule has 1 rings (SSSR count). The van der Waals surface area contributed by atoms with Crippen LogP contribution in [-0.4, -0.2) is 40.3 Å². The second kappa shape index (κ2) is 9.73. The molecule has 0 aliphatic carbocycles. The van der Waals surface area contributed by atoms with Crippen molar-refractivity contribution in [3.05, 3.63) is 29.8 Å². The van der Waals surface area contributed by atoms with Crippen LogP contribution in [0.15, 0.2) is 29.2 Å². The Bertz CT molecular complexity index is 480. The molecular formula is C15H21NO3S2. The van der Waals surface area contributed by atoms with Crippen LogP contribution in [-0.2, 0) is 4.79 Å². The van der Waals surface area contributed by atoms with Crippen molar-refractivity contribution in [2.75, 3.05) is 18.1 Å². The van der Waals surface area contributed by atoms with Crippen LogP contribution in [0, 0.1) is 0 Å². The Kier molecular flexibility index (Phi) is 8.30. The van der Waals surface area contributed by atoms with E-state index in [1.807, 2.05) is 17.8 Å². The maximum absolute atomic E-state index is 12.2. The molecule has 21 heavy (non-hydrogen) atoms. The van der Waals surface area contributed by atoms with Crippen molar-refractivity contribution in [2.45, 2.75) is 30.4 Å². The van der Waals surface area contributed by atoms with Crippen molar-refractivity contribution in [2.24, 2.45) is 0 Å². The van der Waals surface area contributed by atoms with Crippen LogP contribution in [0.25, 0.3) is 0 Å². The Labute approximate surface area is 134 Å². The van der Waals surface area contributed by atoms with Gasteiger partial charge in [0.25, 0.3) is 5.91 Å². The molecular weight excluding hydrogens is 306 g/mol. The van der Waals surface area contributed by atoms with E-state index in [-0.39, 0.29) is 5.91 Å². The minimum atomic E-state index is -0.883. The molecule has 0 fully saturated rings. The number of rotatable bonds is 9. The second-order valence-corrected chi connectivity index (χ2v) is 7.18. The molecule has 0 spiro atoms. The molecule has 1 aromatic carbocycles. The third kappa shape index (κ3) is 6.44. The lowest BCUT2D eigenvalue weighted by Gasteiger charge is -2.11. The third-order valence-corrected chi connectivity index (χ3v) is 4.89. The summed E-state index contributed by atoms with van der Waals surface area (Å²) in [7, 11) is 0. The zero-order valence-electron chi connectivity index (χ0n) is 12.3. The fourth-order valence-electron chi connectivity index (χ4n) is 1.61. The summed E-state index contributed by atoms with van der Waals surface area (Å²) in [5, 5.41) is 11.3. The highest BCUT2D eigenvalue weighted by atomic mass is 32.2. The Morgan fingerprint density at radius 3 is 2.71 bits per heavy atom. The molecule has 1 amide bonds. The van der Waals surface area contributed by atoms with Gasteiger partial charge >= 0.3 is 5.97 Å². The highest BCUT2D eigenvalue weighted by molar-refractivity contribution is 8.00. The lowest BCUT2D eigenvalue weighted by molar-refractivity contribution is -0.136. The summed E-state index contributed by atoms with van der Waals surface area (Å²) >= 11 is 3.04. The smallest absolute Gasteiger partial charge is 0.316 e. The number of carbonyl (C=O) groups excluding carboxylic acids is 1. The first-order chi connectivity index (χ1) is 10.1. The predicted octanol–water partition coefficient (Wildman–Crippen LogP) is 3.12. The summed E-state index contributed by atoms with van der Waals surface area (Å²) in [4.78, 5) is 23.8. The zero-order valence-corrected chi connectivity index (χ0v) is 13.9.